The highest BCUT2D eigenvalue weighted by atomic mass is 19.4. The molecule has 0 radical (unpaired) electrons. The zero-order chi connectivity index (χ0) is 28.5. The SMILES string of the molecule is O=C(Nc1ccc(Nc2nccc(Nc3cc(C4CC4)[nH]n3)n2)cc1)Nc1cc(C(F)(F)F)cc(C(F)(F)F)c1. The molecule has 2 aromatic carbocycles. The van der Waals surface area contributed by atoms with Gasteiger partial charge in [-0.1, -0.05) is 0 Å². The fourth-order valence-corrected chi connectivity index (χ4v) is 3.71. The first-order valence-corrected chi connectivity index (χ1v) is 11.8. The first-order valence-electron chi connectivity index (χ1n) is 11.8. The molecule has 5 N–H and O–H groups in total. The summed E-state index contributed by atoms with van der Waals surface area (Å²) in [5.74, 6) is 1.92. The molecule has 0 unspecified atom stereocenters. The van der Waals surface area contributed by atoms with Crippen molar-refractivity contribution in [3.05, 3.63) is 77.6 Å². The minimum Gasteiger partial charge on any atom is -0.324 e. The van der Waals surface area contributed by atoms with Crippen molar-refractivity contribution in [2.24, 2.45) is 0 Å². The van der Waals surface area contributed by atoms with Gasteiger partial charge in [0.05, 0.1) is 11.1 Å². The maximum atomic E-state index is 13.0. The minimum absolute atomic E-state index is 0.0215. The Labute approximate surface area is 222 Å². The molecular formula is C25H20F6N8O. The average molecular weight is 562 g/mol. The van der Waals surface area contributed by atoms with Gasteiger partial charge in [0.15, 0.2) is 5.82 Å². The number of benzene rings is 2. The van der Waals surface area contributed by atoms with Gasteiger partial charge in [0.25, 0.3) is 0 Å². The van der Waals surface area contributed by atoms with Gasteiger partial charge in [0.2, 0.25) is 5.95 Å². The number of halogens is 6. The van der Waals surface area contributed by atoms with Crippen LogP contribution < -0.4 is 21.3 Å². The van der Waals surface area contributed by atoms with Crippen LogP contribution in [0.25, 0.3) is 0 Å². The number of aromatic nitrogens is 4. The van der Waals surface area contributed by atoms with E-state index in [0.717, 1.165) is 18.5 Å². The van der Waals surface area contributed by atoms with E-state index in [2.05, 4.69) is 36.1 Å². The zero-order valence-electron chi connectivity index (χ0n) is 20.3. The lowest BCUT2D eigenvalue weighted by atomic mass is 10.1. The molecular weight excluding hydrogens is 542 g/mol. The quantitative estimate of drug-likeness (QED) is 0.152. The van der Waals surface area contributed by atoms with E-state index in [1.54, 1.807) is 24.4 Å². The Morgan fingerprint density at radius 3 is 2.02 bits per heavy atom. The third kappa shape index (κ3) is 6.78. The number of aromatic amines is 1. The van der Waals surface area contributed by atoms with Gasteiger partial charge in [-0.15, -0.1) is 0 Å². The maximum Gasteiger partial charge on any atom is 0.416 e. The summed E-state index contributed by atoms with van der Waals surface area (Å²) in [5.41, 5.74) is -1.90. The fourth-order valence-electron chi connectivity index (χ4n) is 3.71. The number of hydrogen-bond donors (Lipinski definition) is 5. The van der Waals surface area contributed by atoms with E-state index in [1.807, 2.05) is 11.4 Å². The number of H-pyrrole nitrogens is 1. The number of hydrogen-bond acceptors (Lipinski definition) is 6. The molecule has 0 saturated heterocycles. The molecule has 208 valence electrons. The molecule has 1 saturated carbocycles. The van der Waals surface area contributed by atoms with Crippen LogP contribution in [0, 0.1) is 0 Å². The summed E-state index contributed by atoms with van der Waals surface area (Å²) < 4.78 is 78.3. The lowest BCUT2D eigenvalue weighted by Gasteiger charge is -2.15. The molecule has 0 bridgehead atoms. The number of urea groups is 1. The smallest absolute Gasteiger partial charge is 0.324 e. The molecule has 2 heterocycles. The van der Waals surface area contributed by atoms with Crippen LogP contribution in [0.2, 0.25) is 0 Å². The van der Waals surface area contributed by atoms with E-state index in [4.69, 9.17) is 0 Å². The Balaban J connectivity index is 1.20. The summed E-state index contributed by atoms with van der Waals surface area (Å²) in [5, 5.41) is 17.7. The molecule has 40 heavy (non-hydrogen) atoms. The summed E-state index contributed by atoms with van der Waals surface area (Å²) >= 11 is 0. The van der Waals surface area contributed by atoms with Crippen molar-refractivity contribution >= 4 is 40.7 Å². The molecule has 4 aromatic rings. The number of rotatable bonds is 7. The van der Waals surface area contributed by atoms with Gasteiger partial charge in [-0.25, -0.2) is 9.78 Å². The number of nitrogens with zero attached hydrogens (tertiary/aromatic N) is 3. The van der Waals surface area contributed by atoms with E-state index in [1.165, 1.54) is 12.1 Å². The molecule has 5 rings (SSSR count). The molecule has 2 aromatic heterocycles. The standard InChI is InChI=1S/C25H20F6N8O/c26-24(27,28)14-9-15(25(29,30)31)11-18(10-14)35-23(40)34-17-5-3-16(4-6-17)33-22-32-8-7-20(37-22)36-21-12-19(38-39-21)13-1-2-13/h3-13H,1-2H2,(H2,34,35,40)(H3,32,33,36,37,38,39). The van der Waals surface area contributed by atoms with Crippen molar-refractivity contribution in [1.82, 2.24) is 20.2 Å². The Hall–Kier alpha value is -4.82. The predicted molar refractivity (Wildman–Crippen MR) is 135 cm³/mol. The molecule has 1 aliphatic carbocycles. The lowest BCUT2D eigenvalue weighted by molar-refractivity contribution is -0.143. The van der Waals surface area contributed by atoms with E-state index in [0.29, 0.717) is 35.4 Å². The number of anilines is 6. The largest absolute Gasteiger partial charge is 0.416 e. The van der Waals surface area contributed by atoms with Gasteiger partial charge in [0, 0.05) is 40.9 Å². The molecule has 0 spiro atoms. The number of alkyl halides is 6. The third-order valence-electron chi connectivity index (χ3n) is 5.77. The van der Waals surface area contributed by atoms with Crippen LogP contribution in [-0.2, 0) is 12.4 Å². The van der Waals surface area contributed by atoms with Crippen LogP contribution >= 0.6 is 0 Å². The molecule has 9 nitrogen and oxygen atoms in total. The zero-order valence-corrected chi connectivity index (χ0v) is 20.3. The third-order valence-corrected chi connectivity index (χ3v) is 5.77. The van der Waals surface area contributed by atoms with Crippen LogP contribution in [0.5, 0.6) is 0 Å². The highest BCUT2D eigenvalue weighted by Gasteiger charge is 2.37. The second kappa shape index (κ2) is 10.4. The summed E-state index contributed by atoms with van der Waals surface area (Å²) in [7, 11) is 0. The van der Waals surface area contributed by atoms with Crippen molar-refractivity contribution in [3.63, 3.8) is 0 Å². The normalized spacial score (nSPS) is 13.6. The Bertz CT molecular complexity index is 1480. The first kappa shape index (κ1) is 26.8. The van der Waals surface area contributed by atoms with Gasteiger partial charge in [-0.05, 0) is 61.4 Å². The summed E-state index contributed by atoms with van der Waals surface area (Å²) in [4.78, 5) is 20.8. The first-order chi connectivity index (χ1) is 18.9. The second-order valence-electron chi connectivity index (χ2n) is 8.95. The van der Waals surface area contributed by atoms with Crippen LogP contribution in [0.3, 0.4) is 0 Å². The average Bonchev–Trinajstić information content (AvgIpc) is 3.63. The van der Waals surface area contributed by atoms with Crippen molar-refractivity contribution in [1.29, 1.82) is 0 Å². The Morgan fingerprint density at radius 2 is 1.40 bits per heavy atom. The lowest BCUT2D eigenvalue weighted by Crippen LogP contribution is -2.20. The number of nitrogens with one attached hydrogen (secondary N) is 5. The van der Waals surface area contributed by atoms with Gasteiger partial charge >= 0.3 is 18.4 Å². The van der Waals surface area contributed by atoms with Crippen molar-refractivity contribution in [3.8, 4) is 0 Å². The van der Waals surface area contributed by atoms with Crippen LogP contribution in [0.4, 0.5) is 65.8 Å². The Kier molecular flexibility index (Phi) is 6.95. The molecule has 0 aliphatic heterocycles. The highest BCUT2D eigenvalue weighted by molar-refractivity contribution is 6.00. The van der Waals surface area contributed by atoms with E-state index < -0.39 is 35.2 Å². The number of carbonyl (C=O) groups is 1. The van der Waals surface area contributed by atoms with Gasteiger partial charge < -0.3 is 21.3 Å². The topological polar surface area (TPSA) is 120 Å². The molecule has 1 fully saturated rings. The fraction of sp³-hybridized carbons (Fsp3) is 0.200. The maximum absolute atomic E-state index is 13.0. The molecule has 15 heteroatoms. The van der Waals surface area contributed by atoms with Gasteiger partial charge in [0.1, 0.15) is 5.82 Å². The summed E-state index contributed by atoms with van der Waals surface area (Å²) in [6.45, 7) is 0. The Morgan fingerprint density at radius 1 is 0.775 bits per heavy atom. The summed E-state index contributed by atoms with van der Waals surface area (Å²) in [6.07, 6.45) is -6.24. The number of amides is 2. The van der Waals surface area contributed by atoms with Crippen LogP contribution in [0.1, 0.15) is 35.6 Å². The second-order valence-corrected chi connectivity index (χ2v) is 8.95. The molecule has 0 atom stereocenters. The number of carbonyl (C=O) groups excluding carboxylic acids is 1. The van der Waals surface area contributed by atoms with E-state index in [9.17, 15) is 31.1 Å². The van der Waals surface area contributed by atoms with Gasteiger partial charge in [-0.2, -0.15) is 36.4 Å². The minimum atomic E-state index is -5.03. The predicted octanol–water partition coefficient (Wildman–Crippen LogP) is 7.25. The van der Waals surface area contributed by atoms with Crippen molar-refractivity contribution in [2.45, 2.75) is 31.1 Å². The molecule has 2 amide bonds. The van der Waals surface area contributed by atoms with Crippen molar-refractivity contribution in [2.75, 3.05) is 21.3 Å². The van der Waals surface area contributed by atoms with Gasteiger partial charge in [-0.3, -0.25) is 5.10 Å². The monoisotopic (exact) mass is 562 g/mol. The van der Waals surface area contributed by atoms with Crippen LogP contribution in [0.15, 0.2) is 60.8 Å². The van der Waals surface area contributed by atoms with Crippen molar-refractivity contribution < 1.29 is 31.1 Å². The highest BCUT2D eigenvalue weighted by Crippen LogP contribution is 2.40. The van der Waals surface area contributed by atoms with Crippen LogP contribution in [-0.4, -0.2) is 26.2 Å². The summed E-state index contributed by atoms with van der Waals surface area (Å²) in [6, 6.07) is 9.47. The van der Waals surface area contributed by atoms with E-state index in [-0.39, 0.29) is 17.7 Å². The molecule has 1 aliphatic rings. The van der Waals surface area contributed by atoms with E-state index >= 15 is 0 Å².